The standard InChI is InChI=1S/C10H13ClN2O2/c1-13-4-5-15-9-3-2-7(11)6-8(9)10(12)14/h2-3,6,13H,4-5H2,1H3,(H2,12,14). The zero-order chi connectivity index (χ0) is 11.3. The molecule has 0 atom stereocenters. The average molecular weight is 229 g/mol. The van der Waals surface area contributed by atoms with Crippen LogP contribution in [-0.4, -0.2) is 26.1 Å². The van der Waals surface area contributed by atoms with Gasteiger partial charge in [0.2, 0.25) is 0 Å². The number of carbonyl (C=O) groups excluding carboxylic acids is 1. The molecule has 0 aliphatic rings. The lowest BCUT2D eigenvalue weighted by Crippen LogP contribution is -2.18. The van der Waals surface area contributed by atoms with Crippen molar-refractivity contribution in [2.24, 2.45) is 5.73 Å². The minimum absolute atomic E-state index is 0.304. The predicted octanol–water partition coefficient (Wildman–Crippen LogP) is 1.04. The normalized spacial score (nSPS) is 10.0. The highest BCUT2D eigenvalue weighted by molar-refractivity contribution is 6.31. The van der Waals surface area contributed by atoms with E-state index in [0.29, 0.717) is 29.5 Å². The molecule has 0 fully saturated rings. The number of likely N-dealkylation sites (N-methyl/N-ethyl adjacent to an activating group) is 1. The van der Waals surface area contributed by atoms with E-state index in [9.17, 15) is 4.79 Å². The van der Waals surface area contributed by atoms with E-state index in [1.54, 1.807) is 12.1 Å². The summed E-state index contributed by atoms with van der Waals surface area (Å²) in [6.45, 7) is 1.17. The monoisotopic (exact) mass is 228 g/mol. The fourth-order valence-corrected chi connectivity index (χ4v) is 1.26. The van der Waals surface area contributed by atoms with Gasteiger partial charge in [-0.15, -0.1) is 0 Å². The molecular formula is C10H13ClN2O2. The van der Waals surface area contributed by atoms with Crippen molar-refractivity contribution < 1.29 is 9.53 Å². The molecule has 1 aromatic rings. The summed E-state index contributed by atoms with van der Waals surface area (Å²) < 4.78 is 5.37. The summed E-state index contributed by atoms with van der Waals surface area (Å²) in [5.74, 6) is -0.0842. The number of carbonyl (C=O) groups is 1. The number of ether oxygens (including phenoxy) is 1. The highest BCUT2D eigenvalue weighted by Gasteiger charge is 2.09. The molecule has 1 rings (SSSR count). The Balaban J connectivity index is 2.81. The predicted molar refractivity (Wildman–Crippen MR) is 59.4 cm³/mol. The van der Waals surface area contributed by atoms with E-state index in [-0.39, 0.29) is 0 Å². The molecule has 0 spiro atoms. The summed E-state index contributed by atoms with van der Waals surface area (Å²) >= 11 is 5.75. The van der Waals surface area contributed by atoms with Gasteiger partial charge in [0.25, 0.3) is 5.91 Å². The van der Waals surface area contributed by atoms with Gasteiger partial charge in [-0.2, -0.15) is 0 Å². The van der Waals surface area contributed by atoms with Crippen molar-refractivity contribution in [3.05, 3.63) is 28.8 Å². The number of nitrogens with one attached hydrogen (secondary N) is 1. The van der Waals surface area contributed by atoms with E-state index in [1.165, 1.54) is 6.07 Å². The van der Waals surface area contributed by atoms with Crippen LogP contribution in [0.2, 0.25) is 5.02 Å². The molecule has 5 heteroatoms. The number of hydrogen-bond donors (Lipinski definition) is 2. The van der Waals surface area contributed by atoms with Crippen LogP contribution in [0.15, 0.2) is 18.2 Å². The molecular weight excluding hydrogens is 216 g/mol. The van der Waals surface area contributed by atoms with Gasteiger partial charge in [0.05, 0.1) is 5.56 Å². The van der Waals surface area contributed by atoms with Gasteiger partial charge in [-0.3, -0.25) is 4.79 Å². The summed E-state index contributed by atoms with van der Waals surface area (Å²) in [5.41, 5.74) is 5.50. The molecule has 4 nitrogen and oxygen atoms in total. The van der Waals surface area contributed by atoms with E-state index < -0.39 is 5.91 Å². The Morgan fingerprint density at radius 1 is 1.60 bits per heavy atom. The third kappa shape index (κ3) is 3.42. The Hall–Kier alpha value is -1.26. The van der Waals surface area contributed by atoms with Crippen molar-refractivity contribution in [3.63, 3.8) is 0 Å². The summed E-state index contributed by atoms with van der Waals surface area (Å²) in [7, 11) is 1.82. The lowest BCUT2D eigenvalue weighted by atomic mass is 10.2. The Morgan fingerprint density at radius 3 is 2.93 bits per heavy atom. The number of halogens is 1. The maximum absolute atomic E-state index is 11.1. The van der Waals surface area contributed by atoms with Crippen LogP contribution in [0, 0.1) is 0 Å². The first kappa shape index (κ1) is 11.8. The Bertz CT molecular complexity index is 355. The zero-order valence-electron chi connectivity index (χ0n) is 8.42. The summed E-state index contributed by atoms with van der Waals surface area (Å²) in [4.78, 5) is 11.1. The second-order valence-electron chi connectivity index (χ2n) is 2.96. The van der Waals surface area contributed by atoms with Crippen LogP contribution in [0.4, 0.5) is 0 Å². The highest BCUT2D eigenvalue weighted by Crippen LogP contribution is 2.22. The molecule has 0 aliphatic heterocycles. The first-order chi connectivity index (χ1) is 7.15. The molecule has 1 aromatic carbocycles. The average Bonchev–Trinajstić information content (AvgIpc) is 2.20. The van der Waals surface area contributed by atoms with Crippen molar-refractivity contribution in [2.75, 3.05) is 20.2 Å². The third-order valence-electron chi connectivity index (χ3n) is 1.82. The molecule has 0 heterocycles. The number of primary amides is 1. The fraction of sp³-hybridized carbons (Fsp3) is 0.300. The Kier molecular flexibility index (Phi) is 4.39. The summed E-state index contributed by atoms with van der Waals surface area (Å²) in [6.07, 6.45) is 0. The van der Waals surface area contributed by atoms with Gasteiger partial charge in [-0.1, -0.05) is 11.6 Å². The first-order valence-electron chi connectivity index (χ1n) is 4.52. The third-order valence-corrected chi connectivity index (χ3v) is 2.05. The van der Waals surface area contributed by atoms with Gasteiger partial charge in [0, 0.05) is 11.6 Å². The van der Waals surface area contributed by atoms with Gasteiger partial charge in [-0.25, -0.2) is 0 Å². The van der Waals surface area contributed by atoms with Crippen LogP contribution in [0.1, 0.15) is 10.4 Å². The molecule has 3 N–H and O–H groups in total. The number of nitrogens with two attached hydrogens (primary N) is 1. The summed E-state index contributed by atoms with van der Waals surface area (Å²) in [6, 6.07) is 4.79. The van der Waals surface area contributed by atoms with Gasteiger partial charge in [0.1, 0.15) is 12.4 Å². The van der Waals surface area contributed by atoms with Crippen molar-refractivity contribution in [1.82, 2.24) is 5.32 Å². The fourth-order valence-electron chi connectivity index (χ4n) is 1.08. The maximum Gasteiger partial charge on any atom is 0.252 e. The van der Waals surface area contributed by atoms with E-state index in [1.807, 2.05) is 7.05 Å². The van der Waals surface area contributed by atoms with Crippen molar-refractivity contribution >= 4 is 17.5 Å². The molecule has 0 radical (unpaired) electrons. The van der Waals surface area contributed by atoms with Crippen molar-refractivity contribution in [3.8, 4) is 5.75 Å². The molecule has 1 amide bonds. The zero-order valence-corrected chi connectivity index (χ0v) is 9.17. The first-order valence-corrected chi connectivity index (χ1v) is 4.89. The minimum Gasteiger partial charge on any atom is -0.491 e. The van der Waals surface area contributed by atoms with Crippen LogP contribution >= 0.6 is 11.6 Å². The number of hydrogen-bond acceptors (Lipinski definition) is 3. The van der Waals surface area contributed by atoms with Gasteiger partial charge < -0.3 is 15.8 Å². The molecule has 0 aromatic heterocycles. The van der Waals surface area contributed by atoms with E-state index in [2.05, 4.69) is 5.32 Å². The molecule has 0 saturated heterocycles. The van der Waals surface area contributed by atoms with Crippen LogP contribution in [0.3, 0.4) is 0 Å². The van der Waals surface area contributed by atoms with Crippen LogP contribution < -0.4 is 15.8 Å². The molecule has 0 saturated carbocycles. The quantitative estimate of drug-likeness (QED) is 0.740. The molecule has 0 unspecified atom stereocenters. The SMILES string of the molecule is CNCCOc1ccc(Cl)cc1C(N)=O. The van der Waals surface area contributed by atoms with Gasteiger partial charge in [0.15, 0.2) is 0 Å². The van der Waals surface area contributed by atoms with E-state index in [4.69, 9.17) is 22.1 Å². The largest absolute Gasteiger partial charge is 0.491 e. The number of benzene rings is 1. The number of rotatable bonds is 5. The topological polar surface area (TPSA) is 64.3 Å². The smallest absolute Gasteiger partial charge is 0.252 e. The Labute approximate surface area is 93.4 Å². The van der Waals surface area contributed by atoms with E-state index >= 15 is 0 Å². The minimum atomic E-state index is -0.544. The van der Waals surface area contributed by atoms with E-state index in [0.717, 1.165) is 0 Å². The Morgan fingerprint density at radius 2 is 2.33 bits per heavy atom. The van der Waals surface area contributed by atoms with Crippen LogP contribution in [-0.2, 0) is 0 Å². The van der Waals surface area contributed by atoms with Crippen molar-refractivity contribution in [2.45, 2.75) is 0 Å². The lowest BCUT2D eigenvalue weighted by Gasteiger charge is -2.09. The lowest BCUT2D eigenvalue weighted by molar-refractivity contribution is 0.0996. The van der Waals surface area contributed by atoms with Crippen LogP contribution in [0.25, 0.3) is 0 Å². The molecule has 15 heavy (non-hydrogen) atoms. The van der Waals surface area contributed by atoms with Gasteiger partial charge >= 0.3 is 0 Å². The second-order valence-corrected chi connectivity index (χ2v) is 3.39. The maximum atomic E-state index is 11.1. The van der Waals surface area contributed by atoms with Gasteiger partial charge in [-0.05, 0) is 25.2 Å². The summed E-state index contributed by atoms with van der Waals surface area (Å²) in [5, 5.41) is 3.39. The number of amides is 1. The molecule has 82 valence electrons. The molecule has 0 aliphatic carbocycles. The molecule has 0 bridgehead atoms. The highest BCUT2D eigenvalue weighted by atomic mass is 35.5. The van der Waals surface area contributed by atoms with Crippen LogP contribution in [0.5, 0.6) is 5.75 Å². The second kappa shape index (κ2) is 5.58. The van der Waals surface area contributed by atoms with Crippen molar-refractivity contribution in [1.29, 1.82) is 0 Å².